The van der Waals surface area contributed by atoms with Crippen LogP contribution in [0.25, 0.3) is 0 Å². The average Bonchev–Trinajstić information content (AvgIpc) is 3.05. The molecule has 2 heterocycles. The van der Waals surface area contributed by atoms with E-state index in [1.807, 2.05) is 0 Å². The van der Waals surface area contributed by atoms with Crippen molar-refractivity contribution in [1.82, 2.24) is 9.21 Å². The van der Waals surface area contributed by atoms with Crippen LogP contribution in [0.1, 0.15) is 32.6 Å². The normalized spacial score (nSPS) is 30.8. The topological polar surface area (TPSA) is 95.0 Å². The van der Waals surface area contributed by atoms with E-state index < -0.39 is 27.4 Å². The molecule has 2 unspecified atom stereocenters. The second-order valence-electron chi connectivity index (χ2n) is 5.98. The Morgan fingerprint density at radius 2 is 2.00 bits per heavy atom. The fourth-order valence-electron chi connectivity index (χ4n) is 3.27. The molecule has 2 aliphatic rings. The van der Waals surface area contributed by atoms with E-state index in [4.69, 9.17) is 0 Å². The molecule has 1 N–H and O–H groups in total. The van der Waals surface area contributed by atoms with E-state index in [-0.39, 0.29) is 12.5 Å². The van der Waals surface area contributed by atoms with Crippen LogP contribution in [0.5, 0.6) is 0 Å². The number of hydrogen-bond acceptors (Lipinski definition) is 4. The molecular formula is C13H22N2O5S. The minimum Gasteiger partial charge on any atom is -0.481 e. The van der Waals surface area contributed by atoms with Gasteiger partial charge in [-0.25, -0.2) is 8.42 Å². The summed E-state index contributed by atoms with van der Waals surface area (Å²) in [5.74, 6) is -1.14. The van der Waals surface area contributed by atoms with Crippen molar-refractivity contribution in [3.63, 3.8) is 0 Å². The van der Waals surface area contributed by atoms with Crippen molar-refractivity contribution < 1.29 is 23.1 Å². The van der Waals surface area contributed by atoms with Gasteiger partial charge in [0.15, 0.2) is 0 Å². The van der Waals surface area contributed by atoms with Gasteiger partial charge < -0.3 is 10.0 Å². The Bertz CT molecular complexity index is 547. The molecule has 2 fully saturated rings. The van der Waals surface area contributed by atoms with E-state index >= 15 is 0 Å². The minimum atomic E-state index is -3.41. The molecule has 0 aromatic carbocycles. The van der Waals surface area contributed by atoms with Crippen LogP contribution in [0.15, 0.2) is 0 Å². The second kappa shape index (κ2) is 5.57. The molecule has 2 aliphatic heterocycles. The number of rotatable bonds is 4. The predicted octanol–water partition coefficient (Wildman–Crippen LogP) is 0.124. The van der Waals surface area contributed by atoms with Crippen molar-refractivity contribution in [3.8, 4) is 0 Å². The number of carboxylic acids is 1. The largest absolute Gasteiger partial charge is 0.481 e. The van der Waals surface area contributed by atoms with E-state index in [1.165, 1.54) is 9.21 Å². The third-order valence-electron chi connectivity index (χ3n) is 4.71. The summed E-state index contributed by atoms with van der Waals surface area (Å²) in [4.78, 5) is 25.5. The third-order valence-corrected chi connectivity index (χ3v) is 6.00. The van der Waals surface area contributed by atoms with E-state index in [0.29, 0.717) is 38.8 Å². The van der Waals surface area contributed by atoms with Crippen molar-refractivity contribution in [3.05, 3.63) is 0 Å². The molecule has 1 amide bonds. The molecule has 0 spiro atoms. The second-order valence-corrected chi connectivity index (χ2v) is 7.92. The lowest BCUT2D eigenvalue weighted by Crippen LogP contribution is -2.47. The zero-order valence-corrected chi connectivity index (χ0v) is 13.2. The Balaban J connectivity index is 2.13. The first-order valence-corrected chi connectivity index (χ1v) is 9.05. The number of carbonyl (C=O) groups excluding carboxylic acids is 1. The molecule has 0 saturated carbocycles. The van der Waals surface area contributed by atoms with Gasteiger partial charge in [0.2, 0.25) is 15.9 Å². The van der Waals surface area contributed by atoms with Gasteiger partial charge in [0.25, 0.3) is 0 Å². The van der Waals surface area contributed by atoms with Crippen LogP contribution < -0.4 is 0 Å². The number of nitrogens with zero attached hydrogens (tertiary/aromatic N) is 2. The lowest BCUT2D eigenvalue weighted by molar-refractivity contribution is -0.148. The summed E-state index contributed by atoms with van der Waals surface area (Å²) in [7, 11) is -3.41. The first-order valence-electron chi connectivity index (χ1n) is 7.20. The van der Waals surface area contributed by atoms with Crippen molar-refractivity contribution >= 4 is 21.9 Å². The highest BCUT2D eigenvalue weighted by atomic mass is 32.2. The van der Waals surface area contributed by atoms with Gasteiger partial charge in [-0.1, -0.05) is 6.92 Å². The van der Waals surface area contributed by atoms with Gasteiger partial charge in [0.05, 0.1) is 11.7 Å². The highest BCUT2D eigenvalue weighted by Crippen LogP contribution is 2.35. The number of likely N-dealkylation sites (tertiary alicyclic amines) is 1. The van der Waals surface area contributed by atoms with E-state index in [1.54, 1.807) is 6.92 Å². The van der Waals surface area contributed by atoms with Crippen LogP contribution in [-0.4, -0.2) is 66.5 Å². The number of amides is 1. The summed E-state index contributed by atoms with van der Waals surface area (Å²) < 4.78 is 24.7. The number of sulfonamides is 1. The molecule has 21 heavy (non-hydrogen) atoms. The van der Waals surface area contributed by atoms with Gasteiger partial charge >= 0.3 is 5.97 Å². The van der Waals surface area contributed by atoms with Crippen LogP contribution in [0.4, 0.5) is 0 Å². The smallest absolute Gasteiger partial charge is 0.311 e. The maximum Gasteiger partial charge on any atom is 0.311 e. The molecule has 2 atom stereocenters. The van der Waals surface area contributed by atoms with Crippen molar-refractivity contribution in [2.24, 2.45) is 5.41 Å². The standard InChI is InChI=1S/C13H22N2O5S/c1-3-13(12(17)18)6-8-14(9-13)11(16)10-5-4-7-15(10)21(2,19)20/h10H,3-9H2,1-2H3,(H,17,18). The summed E-state index contributed by atoms with van der Waals surface area (Å²) in [6.07, 6.45) is 3.17. The van der Waals surface area contributed by atoms with Gasteiger partial charge in [-0.15, -0.1) is 0 Å². The number of hydrogen-bond donors (Lipinski definition) is 1. The van der Waals surface area contributed by atoms with Crippen LogP contribution >= 0.6 is 0 Å². The van der Waals surface area contributed by atoms with Gasteiger partial charge in [0.1, 0.15) is 6.04 Å². The maximum absolute atomic E-state index is 12.6. The Morgan fingerprint density at radius 3 is 2.48 bits per heavy atom. The lowest BCUT2D eigenvalue weighted by atomic mass is 9.84. The highest BCUT2D eigenvalue weighted by Gasteiger charge is 2.47. The van der Waals surface area contributed by atoms with Gasteiger partial charge in [-0.3, -0.25) is 9.59 Å². The minimum absolute atomic E-state index is 0.172. The highest BCUT2D eigenvalue weighted by molar-refractivity contribution is 7.88. The fraction of sp³-hybridized carbons (Fsp3) is 0.846. The molecule has 0 aliphatic carbocycles. The Labute approximate surface area is 125 Å². The molecule has 0 aromatic heterocycles. The SMILES string of the molecule is CCC1(C(=O)O)CCN(C(=O)C2CCCN2S(C)(=O)=O)C1. The number of carbonyl (C=O) groups is 2. The molecule has 120 valence electrons. The van der Waals surface area contributed by atoms with Crippen molar-refractivity contribution in [1.29, 1.82) is 0 Å². The molecule has 2 saturated heterocycles. The Hall–Kier alpha value is -1.15. The molecule has 2 rings (SSSR count). The Morgan fingerprint density at radius 1 is 1.33 bits per heavy atom. The van der Waals surface area contributed by atoms with Gasteiger partial charge in [-0.05, 0) is 25.7 Å². The average molecular weight is 318 g/mol. The molecule has 8 heteroatoms. The van der Waals surface area contributed by atoms with Crippen LogP contribution in [-0.2, 0) is 19.6 Å². The van der Waals surface area contributed by atoms with Crippen LogP contribution in [0.3, 0.4) is 0 Å². The lowest BCUT2D eigenvalue weighted by Gasteiger charge is -2.28. The molecular weight excluding hydrogens is 296 g/mol. The summed E-state index contributed by atoms with van der Waals surface area (Å²) >= 11 is 0. The predicted molar refractivity (Wildman–Crippen MR) is 76.1 cm³/mol. The zero-order chi connectivity index (χ0) is 15.8. The third kappa shape index (κ3) is 2.91. The molecule has 0 bridgehead atoms. The van der Waals surface area contributed by atoms with E-state index in [2.05, 4.69) is 0 Å². The molecule has 0 aromatic rings. The van der Waals surface area contributed by atoms with Crippen molar-refractivity contribution in [2.75, 3.05) is 25.9 Å². The number of carboxylic acid groups (broad SMARTS) is 1. The zero-order valence-electron chi connectivity index (χ0n) is 12.4. The molecule has 7 nitrogen and oxygen atoms in total. The summed E-state index contributed by atoms with van der Waals surface area (Å²) in [5, 5.41) is 9.37. The summed E-state index contributed by atoms with van der Waals surface area (Å²) in [6, 6.07) is -0.665. The number of aliphatic carboxylic acids is 1. The first kappa shape index (κ1) is 16.2. The van der Waals surface area contributed by atoms with Gasteiger partial charge in [-0.2, -0.15) is 4.31 Å². The van der Waals surface area contributed by atoms with Crippen LogP contribution in [0.2, 0.25) is 0 Å². The quantitative estimate of drug-likeness (QED) is 0.794. The van der Waals surface area contributed by atoms with E-state index in [9.17, 15) is 23.1 Å². The first-order chi connectivity index (χ1) is 9.71. The maximum atomic E-state index is 12.6. The fourth-order valence-corrected chi connectivity index (χ4v) is 4.39. The summed E-state index contributed by atoms with van der Waals surface area (Å²) in [5.41, 5.74) is -0.885. The van der Waals surface area contributed by atoms with Crippen molar-refractivity contribution in [2.45, 2.75) is 38.6 Å². The molecule has 0 radical (unpaired) electrons. The Kier molecular flexibility index (Phi) is 4.30. The van der Waals surface area contributed by atoms with Gasteiger partial charge in [0, 0.05) is 19.6 Å². The van der Waals surface area contributed by atoms with E-state index in [0.717, 1.165) is 6.26 Å². The monoisotopic (exact) mass is 318 g/mol. The van der Waals surface area contributed by atoms with Crippen LogP contribution in [0, 0.1) is 5.41 Å². The summed E-state index contributed by atoms with van der Waals surface area (Å²) in [6.45, 7) is 2.72.